The number of hydrogen-bond acceptors (Lipinski definition) is 2. The summed E-state index contributed by atoms with van der Waals surface area (Å²) in [5.74, 6) is 0.237. The molecule has 2 heteroatoms. The van der Waals surface area contributed by atoms with E-state index in [2.05, 4.69) is 37.4 Å². The summed E-state index contributed by atoms with van der Waals surface area (Å²) in [6.07, 6.45) is 11.1. The molecular weight excluding hydrogens is 210 g/mol. The van der Waals surface area contributed by atoms with Gasteiger partial charge >= 0.3 is 0 Å². The third-order valence-corrected chi connectivity index (χ3v) is 2.51. The normalized spacial score (nSPS) is 13.6. The Morgan fingerprint density at radius 3 is 2.76 bits per heavy atom. The highest BCUT2D eigenvalue weighted by atomic mass is 16.3. The molecule has 0 aliphatic carbocycles. The van der Waals surface area contributed by atoms with Gasteiger partial charge in [-0.15, -0.1) is 0 Å². The molecular formula is C15H23NO. The maximum atomic E-state index is 10.0. The Bertz CT molecular complexity index is 313. The van der Waals surface area contributed by atoms with Gasteiger partial charge in [-0.25, -0.2) is 0 Å². The number of rotatable bonds is 9. The average Bonchev–Trinajstić information content (AvgIpc) is 2.29. The predicted molar refractivity (Wildman–Crippen MR) is 75.9 cm³/mol. The highest BCUT2D eigenvalue weighted by Crippen LogP contribution is 2.09. The summed E-state index contributed by atoms with van der Waals surface area (Å²) >= 11 is 0. The molecule has 1 unspecified atom stereocenters. The molecule has 94 valence electrons. The lowest BCUT2D eigenvalue weighted by Crippen LogP contribution is -1.92. The van der Waals surface area contributed by atoms with Crippen molar-refractivity contribution in [2.24, 2.45) is 11.1 Å². The van der Waals surface area contributed by atoms with Crippen molar-refractivity contribution in [1.82, 2.24) is 0 Å². The van der Waals surface area contributed by atoms with Crippen LogP contribution >= 0.6 is 0 Å². The van der Waals surface area contributed by atoms with Gasteiger partial charge in [-0.1, -0.05) is 60.7 Å². The topological polar surface area (TPSA) is 29.4 Å². The molecule has 0 aliphatic rings. The first-order valence-electron chi connectivity index (χ1n) is 6.01. The van der Waals surface area contributed by atoms with Crippen molar-refractivity contribution >= 4 is 0 Å². The second-order valence-corrected chi connectivity index (χ2v) is 4.37. The van der Waals surface area contributed by atoms with Gasteiger partial charge in [0.05, 0.1) is 6.54 Å². The van der Waals surface area contributed by atoms with Gasteiger partial charge < -0.3 is 0 Å². The molecule has 0 spiro atoms. The summed E-state index contributed by atoms with van der Waals surface area (Å²) in [6, 6.07) is 0. The van der Waals surface area contributed by atoms with Gasteiger partial charge in [-0.3, -0.25) is 0 Å². The number of allylic oxidation sites excluding steroid dienone is 5. The van der Waals surface area contributed by atoms with E-state index < -0.39 is 0 Å². The number of nitroso groups, excluding NO2 is 1. The maximum absolute atomic E-state index is 10.0. The minimum absolute atomic E-state index is 0.237. The first kappa shape index (κ1) is 15.6. The van der Waals surface area contributed by atoms with Gasteiger partial charge in [0.15, 0.2) is 0 Å². The van der Waals surface area contributed by atoms with E-state index in [1.54, 1.807) is 6.08 Å². The highest BCUT2D eigenvalue weighted by molar-refractivity contribution is 5.13. The first-order valence-corrected chi connectivity index (χ1v) is 6.01. The summed E-state index contributed by atoms with van der Waals surface area (Å²) in [7, 11) is 0. The molecule has 0 N–H and O–H groups in total. The summed E-state index contributed by atoms with van der Waals surface area (Å²) < 4.78 is 0. The molecule has 0 radical (unpaired) electrons. The van der Waals surface area contributed by atoms with Crippen LogP contribution < -0.4 is 0 Å². The van der Waals surface area contributed by atoms with E-state index in [0.717, 1.165) is 24.8 Å². The zero-order valence-electron chi connectivity index (χ0n) is 11.0. The van der Waals surface area contributed by atoms with E-state index in [1.165, 1.54) is 5.57 Å². The van der Waals surface area contributed by atoms with Gasteiger partial charge in [0, 0.05) is 0 Å². The van der Waals surface area contributed by atoms with E-state index in [9.17, 15) is 4.91 Å². The lowest BCUT2D eigenvalue weighted by molar-refractivity contribution is 0.735. The molecule has 0 aromatic rings. The molecule has 0 fully saturated rings. The van der Waals surface area contributed by atoms with E-state index in [-0.39, 0.29) is 5.92 Å². The summed E-state index contributed by atoms with van der Waals surface area (Å²) in [5.41, 5.74) is 2.42. The second kappa shape index (κ2) is 9.76. The Hall–Kier alpha value is -1.44. The molecule has 0 saturated heterocycles. The minimum atomic E-state index is 0.237. The summed E-state index contributed by atoms with van der Waals surface area (Å²) in [5, 5.41) is 2.88. The quantitative estimate of drug-likeness (QED) is 0.319. The molecule has 0 aromatic carbocycles. The van der Waals surface area contributed by atoms with Crippen LogP contribution in [0.4, 0.5) is 0 Å². The average molecular weight is 233 g/mol. The van der Waals surface area contributed by atoms with Crippen molar-refractivity contribution in [3.05, 3.63) is 53.5 Å². The first-order chi connectivity index (χ1) is 8.10. The fraction of sp³-hybridized carbons (Fsp3) is 0.467. The second-order valence-electron chi connectivity index (χ2n) is 4.37. The number of nitrogens with zero attached hydrogens (tertiary/aromatic N) is 1. The van der Waals surface area contributed by atoms with Crippen molar-refractivity contribution in [1.29, 1.82) is 0 Å². The van der Waals surface area contributed by atoms with Crippen LogP contribution in [0.1, 0.15) is 33.1 Å². The van der Waals surface area contributed by atoms with Crippen LogP contribution in [0.15, 0.2) is 53.8 Å². The monoisotopic (exact) mass is 233 g/mol. The zero-order chi connectivity index (χ0) is 13.1. The third kappa shape index (κ3) is 9.49. The highest BCUT2D eigenvalue weighted by Gasteiger charge is 1.94. The molecule has 0 saturated carbocycles. The lowest BCUT2D eigenvalue weighted by Gasteiger charge is -2.00. The molecule has 17 heavy (non-hydrogen) atoms. The molecule has 0 heterocycles. The fourth-order valence-electron chi connectivity index (χ4n) is 1.35. The van der Waals surface area contributed by atoms with Crippen LogP contribution in [0.25, 0.3) is 0 Å². The van der Waals surface area contributed by atoms with Crippen molar-refractivity contribution in [2.75, 3.05) is 6.54 Å². The summed E-state index contributed by atoms with van der Waals surface area (Å²) in [6.45, 7) is 12.0. The lowest BCUT2D eigenvalue weighted by atomic mass is 10.1. The van der Waals surface area contributed by atoms with Gasteiger partial charge in [0.25, 0.3) is 0 Å². The van der Waals surface area contributed by atoms with Crippen molar-refractivity contribution in [3.63, 3.8) is 0 Å². The molecule has 2 nitrogen and oxygen atoms in total. The Balaban J connectivity index is 3.87. The SMILES string of the molecule is C=CC(=C)CCC=C(C)CC=CC(C)CN=O. The van der Waals surface area contributed by atoms with Crippen LogP contribution in [-0.2, 0) is 0 Å². The Labute approximate surface area is 105 Å². The Morgan fingerprint density at radius 2 is 2.18 bits per heavy atom. The molecule has 0 aliphatic heterocycles. The van der Waals surface area contributed by atoms with Gasteiger partial charge in [-0.05, 0) is 32.1 Å². The van der Waals surface area contributed by atoms with Crippen molar-refractivity contribution < 1.29 is 0 Å². The van der Waals surface area contributed by atoms with Crippen LogP contribution in [-0.4, -0.2) is 6.54 Å². The van der Waals surface area contributed by atoms with Crippen LogP contribution in [0.2, 0.25) is 0 Å². The molecule has 0 bridgehead atoms. The maximum Gasteiger partial charge on any atom is 0.0871 e. The molecule has 0 aromatic heterocycles. The smallest absolute Gasteiger partial charge is 0.0871 e. The molecule has 0 amide bonds. The molecule has 1 atom stereocenters. The Morgan fingerprint density at radius 1 is 1.47 bits per heavy atom. The minimum Gasteiger partial charge on any atom is -0.151 e. The predicted octanol–water partition coefficient (Wildman–Crippen LogP) is 4.80. The zero-order valence-corrected chi connectivity index (χ0v) is 11.0. The van der Waals surface area contributed by atoms with Crippen LogP contribution in [0.3, 0.4) is 0 Å². The van der Waals surface area contributed by atoms with Gasteiger partial charge in [0.2, 0.25) is 0 Å². The summed E-state index contributed by atoms with van der Waals surface area (Å²) in [4.78, 5) is 10.0. The van der Waals surface area contributed by atoms with Crippen LogP contribution in [0, 0.1) is 10.8 Å². The van der Waals surface area contributed by atoms with Gasteiger partial charge in [-0.2, -0.15) is 4.91 Å². The van der Waals surface area contributed by atoms with E-state index in [4.69, 9.17) is 0 Å². The van der Waals surface area contributed by atoms with E-state index in [0.29, 0.717) is 6.54 Å². The van der Waals surface area contributed by atoms with Gasteiger partial charge in [0.1, 0.15) is 0 Å². The third-order valence-electron chi connectivity index (χ3n) is 2.51. The molecule has 0 rings (SSSR count). The number of hydrogen-bond donors (Lipinski definition) is 0. The van der Waals surface area contributed by atoms with E-state index in [1.807, 2.05) is 13.0 Å². The fourth-order valence-corrected chi connectivity index (χ4v) is 1.35. The standard InChI is InChI=1S/C15H23NO/c1-5-13(2)8-6-9-14(3)10-7-11-15(4)12-16-17/h5,7,9,11,15H,1-2,6,8,10,12H2,3-4H3. The van der Waals surface area contributed by atoms with E-state index >= 15 is 0 Å². The largest absolute Gasteiger partial charge is 0.151 e. The Kier molecular flexibility index (Phi) is 8.94. The van der Waals surface area contributed by atoms with Crippen molar-refractivity contribution in [3.8, 4) is 0 Å². The van der Waals surface area contributed by atoms with Crippen LogP contribution in [0.5, 0.6) is 0 Å². The van der Waals surface area contributed by atoms with Crippen molar-refractivity contribution in [2.45, 2.75) is 33.1 Å².